The lowest BCUT2D eigenvalue weighted by atomic mass is 10.2. The lowest BCUT2D eigenvalue weighted by molar-refractivity contribution is 0.184. The zero-order chi connectivity index (χ0) is 9.07. The van der Waals surface area contributed by atoms with Crippen molar-refractivity contribution in [3.63, 3.8) is 0 Å². The minimum atomic E-state index is -2.95. The fourth-order valence-electron chi connectivity index (χ4n) is 0.911. The molecule has 0 heterocycles. The Morgan fingerprint density at radius 1 is 1.36 bits per heavy atom. The van der Waals surface area contributed by atoms with E-state index in [2.05, 4.69) is 0 Å². The van der Waals surface area contributed by atoms with Crippen molar-refractivity contribution >= 4 is 9.84 Å². The maximum absolute atomic E-state index is 11.1. The molecule has 0 aromatic carbocycles. The quantitative estimate of drug-likeness (QED) is 0.688. The molecule has 0 saturated heterocycles. The maximum Gasteiger partial charge on any atom is 0.152 e. The highest BCUT2D eigenvalue weighted by Crippen LogP contribution is 2.08. The molecule has 0 amide bonds. The largest absolute Gasteiger partial charge is 0.393 e. The molecule has 0 fully saturated rings. The topological polar surface area (TPSA) is 54.4 Å². The predicted octanol–water partition coefficient (Wildman–Crippen LogP) is 0.581. The average molecular weight is 180 g/mol. The van der Waals surface area contributed by atoms with Gasteiger partial charge in [-0.1, -0.05) is 6.92 Å². The van der Waals surface area contributed by atoms with Gasteiger partial charge in [-0.25, -0.2) is 8.42 Å². The van der Waals surface area contributed by atoms with Gasteiger partial charge in [-0.15, -0.1) is 0 Å². The zero-order valence-corrected chi connectivity index (χ0v) is 8.06. The third-order valence-corrected chi connectivity index (χ3v) is 3.91. The molecule has 0 aliphatic carbocycles. The van der Waals surface area contributed by atoms with E-state index in [0.717, 1.165) is 0 Å². The first kappa shape index (κ1) is 10.9. The van der Waals surface area contributed by atoms with Crippen LogP contribution in [-0.4, -0.2) is 30.6 Å². The first-order chi connectivity index (χ1) is 4.90. The van der Waals surface area contributed by atoms with Gasteiger partial charge in [0.15, 0.2) is 9.84 Å². The minimum Gasteiger partial charge on any atom is -0.393 e. The third-order valence-electron chi connectivity index (χ3n) is 1.69. The van der Waals surface area contributed by atoms with Gasteiger partial charge in [0.2, 0.25) is 0 Å². The molecular weight excluding hydrogens is 164 g/mol. The lowest BCUT2D eigenvalue weighted by Gasteiger charge is -2.12. The van der Waals surface area contributed by atoms with E-state index in [0.29, 0.717) is 6.42 Å². The van der Waals surface area contributed by atoms with Gasteiger partial charge in [-0.3, -0.25) is 0 Å². The molecule has 0 unspecified atom stereocenters. The van der Waals surface area contributed by atoms with Crippen molar-refractivity contribution in [2.75, 3.05) is 5.75 Å². The standard InChI is InChI=1S/C7H16O3S/c1-4-11(9,10)7(3)5-6(2)8/h6-8H,4-5H2,1-3H3/t6-,7-/m1/s1. The van der Waals surface area contributed by atoms with Crippen LogP contribution in [0, 0.1) is 0 Å². The normalized spacial score (nSPS) is 17.8. The molecule has 0 radical (unpaired) electrons. The minimum absolute atomic E-state index is 0.154. The Kier molecular flexibility index (Phi) is 4.03. The summed E-state index contributed by atoms with van der Waals surface area (Å²) in [5, 5.41) is 8.49. The fourth-order valence-corrected chi connectivity index (χ4v) is 2.05. The highest BCUT2D eigenvalue weighted by molar-refractivity contribution is 7.91. The second-order valence-corrected chi connectivity index (χ2v) is 5.55. The second kappa shape index (κ2) is 4.07. The summed E-state index contributed by atoms with van der Waals surface area (Å²) in [5.41, 5.74) is 0. The molecule has 0 aromatic heterocycles. The number of hydrogen-bond donors (Lipinski definition) is 1. The van der Waals surface area contributed by atoms with Crippen molar-refractivity contribution < 1.29 is 13.5 Å². The number of aliphatic hydroxyl groups is 1. The molecule has 0 rings (SSSR count). The van der Waals surface area contributed by atoms with Gasteiger partial charge in [0.05, 0.1) is 11.4 Å². The molecule has 68 valence electrons. The van der Waals surface area contributed by atoms with E-state index in [9.17, 15) is 8.42 Å². The van der Waals surface area contributed by atoms with Crippen LogP contribution < -0.4 is 0 Å². The number of sulfone groups is 1. The van der Waals surface area contributed by atoms with Crippen LogP contribution in [-0.2, 0) is 9.84 Å². The van der Waals surface area contributed by atoms with Crippen molar-refractivity contribution in [2.45, 2.75) is 38.5 Å². The first-order valence-corrected chi connectivity index (χ1v) is 5.51. The summed E-state index contributed by atoms with van der Waals surface area (Å²) in [4.78, 5) is 0. The Bertz CT molecular complexity index is 194. The van der Waals surface area contributed by atoms with Crippen LogP contribution >= 0.6 is 0 Å². The maximum atomic E-state index is 11.1. The molecule has 0 spiro atoms. The second-order valence-electron chi connectivity index (χ2n) is 2.85. The van der Waals surface area contributed by atoms with Crippen molar-refractivity contribution in [1.29, 1.82) is 0 Å². The van der Waals surface area contributed by atoms with Crippen molar-refractivity contribution in [3.8, 4) is 0 Å². The fraction of sp³-hybridized carbons (Fsp3) is 1.00. The third kappa shape index (κ3) is 3.72. The van der Waals surface area contributed by atoms with Crippen molar-refractivity contribution in [2.24, 2.45) is 0 Å². The van der Waals surface area contributed by atoms with E-state index >= 15 is 0 Å². The van der Waals surface area contributed by atoms with Crippen molar-refractivity contribution in [1.82, 2.24) is 0 Å². The summed E-state index contributed by atoms with van der Waals surface area (Å²) >= 11 is 0. The Labute approximate surface area is 68.3 Å². The number of rotatable bonds is 4. The molecule has 0 aliphatic rings. The van der Waals surface area contributed by atoms with E-state index in [1.807, 2.05) is 0 Å². The molecule has 0 bridgehead atoms. The Hall–Kier alpha value is -0.0900. The Morgan fingerprint density at radius 3 is 2.09 bits per heavy atom. The van der Waals surface area contributed by atoms with Gasteiger partial charge in [0, 0.05) is 5.75 Å². The van der Waals surface area contributed by atoms with Crippen LogP contribution in [0.3, 0.4) is 0 Å². The monoisotopic (exact) mass is 180 g/mol. The van der Waals surface area contributed by atoms with Crippen LogP contribution in [0.2, 0.25) is 0 Å². The molecule has 1 N–H and O–H groups in total. The summed E-state index contributed by atoms with van der Waals surface area (Å²) in [6.45, 7) is 4.85. The summed E-state index contributed by atoms with van der Waals surface area (Å²) in [6.07, 6.45) is -0.206. The van der Waals surface area contributed by atoms with Crippen LogP contribution in [0.5, 0.6) is 0 Å². The van der Waals surface area contributed by atoms with Crippen LogP contribution in [0.4, 0.5) is 0 Å². The molecule has 0 aliphatic heterocycles. The Balaban J connectivity index is 4.14. The predicted molar refractivity (Wildman–Crippen MR) is 45.2 cm³/mol. The highest BCUT2D eigenvalue weighted by Gasteiger charge is 2.19. The van der Waals surface area contributed by atoms with Crippen molar-refractivity contribution in [3.05, 3.63) is 0 Å². The molecule has 4 heteroatoms. The van der Waals surface area contributed by atoms with Crippen LogP contribution in [0.15, 0.2) is 0 Å². The Morgan fingerprint density at radius 2 is 1.82 bits per heavy atom. The number of hydrogen-bond acceptors (Lipinski definition) is 3. The smallest absolute Gasteiger partial charge is 0.152 e. The SMILES string of the molecule is CCS(=O)(=O)[C@H](C)C[C@@H](C)O. The molecule has 11 heavy (non-hydrogen) atoms. The van der Waals surface area contributed by atoms with Crippen LogP contribution in [0.1, 0.15) is 27.2 Å². The molecule has 3 nitrogen and oxygen atoms in total. The van der Waals surface area contributed by atoms with Gasteiger partial charge >= 0.3 is 0 Å². The lowest BCUT2D eigenvalue weighted by Crippen LogP contribution is -2.23. The highest BCUT2D eigenvalue weighted by atomic mass is 32.2. The zero-order valence-electron chi connectivity index (χ0n) is 7.24. The van der Waals surface area contributed by atoms with E-state index in [1.165, 1.54) is 0 Å². The summed E-state index contributed by atoms with van der Waals surface area (Å²) in [5.74, 6) is 0.154. The van der Waals surface area contributed by atoms with E-state index in [1.54, 1.807) is 20.8 Å². The van der Waals surface area contributed by atoms with Gasteiger partial charge in [-0.05, 0) is 20.3 Å². The van der Waals surface area contributed by atoms with Gasteiger partial charge in [0.1, 0.15) is 0 Å². The van der Waals surface area contributed by atoms with Gasteiger partial charge in [-0.2, -0.15) is 0 Å². The molecular formula is C7H16O3S. The van der Waals surface area contributed by atoms with Gasteiger partial charge < -0.3 is 5.11 Å². The number of aliphatic hydroxyl groups excluding tert-OH is 1. The van der Waals surface area contributed by atoms with Gasteiger partial charge in [0.25, 0.3) is 0 Å². The summed E-state index contributed by atoms with van der Waals surface area (Å²) < 4.78 is 22.2. The molecule has 2 atom stereocenters. The van der Waals surface area contributed by atoms with E-state index in [-0.39, 0.29) is 5.75 Å². The first-order valence-electron chi connectivity index (χ1n) is 3.79. The molecule has 0 aromatic rings. The average Bonchev–Trinajstić information content (AvgIpc) is 1.86. The summed E-state index contributed by atoms with van der Waals surface area (Å²) in [6, 6.07) is 0. The summed E-state index contributed by atoms with van der Waals surface area (Å²) in [7, 11) is -2.95. The molecule has 0 saturated carbocycles. The van der Waals surface area contributed by atoms with Crippen LogP contribution in [0.25, 0.3) is 0 Å². The van der Waals surface area contributed by atoms with E-state index < -0.39 is 21.2 Å². The van der Waals surface area contributed by atoms with E-state index in [4.69, 9.17) is 5.11 Å².